The van der Waals surface area contributed by atoms with Crippen LogP contribution >= 0.6 is 11.8 Å². The number of nitrogens with one attached hydrogen (secondary N) is 2. The summed E-state index contributed by atoms with van der Waals surface area (Å²) in [6.45, 7) is 6.98. The van der Waals surface area contributed by atoms with Crippen LogP contribution in [0.1, 0.15) is 36.8 Å². The maximum atomic E-state index is 11.9. The molecule has 5 nitrogen and oxygen atoms in total. The van der Waals surface area contributed by atoms with Gasteiger partial charge in [0, 0.05) is 23.4 Å². The van der Waals surface area contributed by atoms with Gasteiger partial charge in [-0.3, -0.25) is 4.79 Å². The van der Waals surface area contributed by atoms with Crippen molar-refractivity contribution in [2.45, 2.75) is 51.4 Å². The Morgan fingerprint density at radius 2 is 2.35 bits per heavy atom. The molecular formula is C14H23N3O2S. The van der Waals surface area contributed by atoms with E-state index in [-0.39, 0.29) is 5.91 Å². The predicted molar refractivity (Wildman–Crippen MR) is 80.8 cm³/mol. The lowest BCUT2D eigenvalue weighted by molar-refractivity contribution is -0.119. The second kappa shape index (κ2) is 7.13. The number of amides is 1. The van der Waals surface area contributed by atoms with Gasteiger partial charge in [0.05, 0.1) is 11.4 Å². The maximum Gasteiger partial charge on any atom is 0.230 e. The van der Waals surface area contributed by atoms with Gasteiger partial charge in [-0.1, -0.05) is 5.16 Å². The molecule has 0 aromatic carbocycles. The summed E-state index contributed by atoms with van der Waals surface area (Å²) in [6.07, 6.45) is 2.03. The second-order valence-electron chi connectivity index (χ2n) is 5.44. The highest BCUT2D eigenvalue weighted by Gasteiger charge is 2.19. The summed E-state index contributed by atoms with van der Waals surface area (Å²) in [6, 6.07) is 0.808. The fourth-order valence-corrected chi connectivity index (χ4v) is 3.47. The van der Waals surface area contributed by atoms with Crippen LogP contribution in [-0.2, 0) is 10.5 Å². The predicted octanol–water partition coefficient (Wildman–Crippen LogP) is 1.78. The summed E-state index contributed by atoms with van der Waals surface area (Å²) < 4.78 is 5.12. The molecule has 0 saturated carbocycles. The molecule has 2 atom stereocenters. The van der Waals surface area contributed by atoms with E-state index >= 15 is 0 Å². The highest BCUT2D eigenvalue weighted by atomic mass is 32.2. The van der Waals surface area contributed by atoms with Crippen LogP contribution in [0.5, 0.6) is 0 Å². The minimum atomic E-state index is 0.126. The van der Waals surface area contributed by atoms with Gasteiger partial charge >= 0.3 is 0 Å². The number of hydrogen-bond acceptors (Lipinski definition) is 5. The van der Waals surface area contributed by atoms with E-state index in [4.69, 9.17) is 4.52 Å². The first-order chi connectivity index (χ1) is 9.56. The number of aryl methyl sites for hydroxylation is 2. The maximum absolute atomic E-state index is 11.9. The third kappa shape index (κ3) is 4.24. The van der Waals surface area contributed by atoms with Crippen LogP contribution in [0.2, 0.25) is 0 Å². The van der Waals surface area contributed by atoms with E-state index in [1.165, 1.54) is 0 Å². The molecule has 2 N–H and O–H groups in total. The minimum absolute atomic E-state index is 0.126. The second-order valence-corrected chi connectivity index (χ2v) is 6.43. The number of thioether (sulfide) groups is 1. The highest BCUT2D eigenvalue weighted by molar-refractivity contribution is 7.99. The zero-order valence-electron chi connectivity index (χ0n) is 12.4. The number of hydrogen-bond donors (Lipinski definition) is 2. The molecule has 2 unspecified atom stereocenters. The molecule has 1 aliphatic rings. The number of piperidine rings is 1. The van der Waals surface area contributed by atoms with Crippen molar-refractivity contribution in [3.05, 3.63) is 17.0 Å². The first kappa shape index (κ1) is 15.4. The number of nitrogens with zero attached hydrogens (tertiary/aromatic N) is 1. The summed E-state index contributed by atoms with van der Waals surface area (Å²) in [5, 5.41) is 10.4. The van der Waals surface area contributed by atoms with Gasteiger partial charge in [0.15, 0.2) is 0 Å². The van der Waals surface area contributed by atoms with Crippen LogP contribution in [0.3, 0.4) is 0 Å². The van der Waals surface area contributed by atoms with Crippen LogP contribution in [0.4, 0.5) is 0 Å². The van der Waals surface area contributed by atoms with Crippen molar-refractivity contribution in [3.8, 4) is 0 Å². The molecular weight excluding hydrogens is 274 g/mol. The van der Waals surface area contributed by atoms with Crippen molar-refractivity contribution in [3.63, 3.8) is 0 Å². The molecule has 1 fully saturated rings. The number of aromatic nitrogens is 1. The van der Waals surface area contributed by atoms with Gasteiger partial charge in [-0.2, -0.15) is 0 Å². The zero-order chi connectivity index (χ0) is 14.5. The number of rotatable bonds is 5. The molecule has 1 aromatic heterocycles. The van der Waals surface area contributed by atoms with Gasteiger partial charge in [0.25, 0.3) is 0 Å². The van der Waals surface area contributed by atoms with Gasteiger partial charge in [0.2, 0.25) is 5.91 Å². The third-order valence-corrected chi connectivity index (χ3v) is 4.61. The molecule has 2 rings (SSSR count). The number of carbonyl (C=O) groups is 1. The Bertz CT molecular complexity index is 442. The molecule has 0 radical (unpaired) electrons. The third-order valence-electron chi connectivity index (χ3n) is 3.65. The molecule has 20 heavy (non-hydrogen) atoms. The Morgan fingerprint density at radius 1 is 1.55 bits per heavy atom. The van der Waals surface area contributed by atoms with E-state index in [2.05, 4.69) is 22.7 Å². The van der Waals surface area contributed by atoms with Crippen LogP contribution in [0.25, 0.3) is 0 Å². The lowest BCUT2D eigenvalue weighted by Crippen LogP contribution is -2.47. The van der Waals surface area contributed by atoms with Crippen molar-refractivity contribution < 1.29 is 9.32 Å². The molecule has 1 saturated heterocycles. The van der Waals surface area contributed by atoms with E-state index in [1.807, 2.05) is 13.8 Å². The van der Waals surface area contributed by atoms with Crippen molar-refractivity contribution in [2.75, 3.05) is 12.3 Å². The molecule has 0 aliphatic carbocycles. The van der Waals surface area contributed by atoms with E-state index < -0.39 is 0 Å². The van der Waals surface area contributed by atoms with Crippen molar-refractivity contribution in [1.29, 1.82) is 0 Å². The largest absolute Gasteiger partial charge is 0.361 e. The summed E-state index contributed by atoms with van der Waals surface area (Å²) in [5.41, 5.74) is 2.03. The van der Waals surface area contributed by atoms with Crippen LogP contribution in [0.15, 0.2) is 4.52 Å². The van der Waals surface area contributed by atoms with Crippen molar-refractivity contribution in [1.82, 2.24) is 15.8 Å². The molecule has 2 heterocycles. The van der Waals surface area contributed by atoms with Gasteiger partial charge < -0.3 is 15.2 Å². The van der Waals surface area contributed by atoms with Gasteiger partial charge in [-0.15, -0.1) is 11.8 Å². The van der Waals surface area contributed by atoms with Gasteiger partial charge in [-0.25, -0.2) is 0 Å². The van der Waals surface area contributed by atoms with Crippen LogP contribution < -0.4 is 10.6 Å². The van der Waals surface area contributed by atoms with Crippen LogP contribution in [0, 0.1) is 13.8 Å². The Balaban J connectivity index is 1.70. The summed E-state index contributed by atoms with van der Waals surface area (Å²) in [5.74, 6) is 2.24. The summed E-state index contributed by atoms with van der Waals surface area (Å²) >= 11 is 1.61. The highest BCUT2D eigenvalue weighted by Crippen LogP contribution is 2.19. The lowest BCUT2D eigenvalue weighted by atomic mass is 10.0. The average Bonchev–Trinajstić information content (AvgIpc) is 2.70. The van der Waals surface area contributed by atoms with Crippen molar-refractivity contribution in [2.24, 2.45) is 0 Å². The molecule has 0 spiro atoms. The average molecular weight is 297 g/mol. The Morgan fingerprint density at radius 3 is 3.00 bits per heavy atom. The fourth-order valence-electron chi connectivity index (χ4n) is 2.49. The minimum Gasteiger partial charge on any atom is -0.361 e. The molecule has 6 heteroatoms. The molecule has 1 amide bonds. The van der Waals surface area contributed by atoms with E-state index in [1.54, 1.807) is 11.8 Å². The number of carbonyl (C=O) groups excluding carboxylic acids is 1. The normalized spacial score (nSPS) is 22.8. The van der Waals surface area contributed by atoms with Gasteiger partial charge in [0.1, 0.15) is 5.76 Å². The van der Waals surface area contributed by atoms with Gasteiger partial charge in [-0.05, 0) is 40.2 Å². The molecule has 0 bridgehead atoms. The SMILES string of the molecule is Cc1noc(C)c1CSCC(=O)NC1CCNC(C)C1. The lowest BCUT2D eigenvalue weighted by Gasteiger charge is -2.28. The van der Waals surface area contributed by atoms with E-state index in [0.717, 1.165) is 42.2 Å². The van der Waals surface area contributed by atoms with Crippen LogP contribution in [-0.4, -0.2) is 35.4 Å². The smallest absolute Gasteiger partial charge is 0.230 e. The summed E-state index contributed by atoms with van der Waals surface area (Å²) in [7, 11) is 0. The molecule has 1 aliphatic heterocycles. The quantitative estimate of drug-likeness (QED) is 0.867. The monoisotopic (exact) mass is 297 g/mol. The first-order valence-corrected chi connectivity index (χ1v) is 8.24. The molecule has 1 aromatic rings. The zero-order valence-corrected chi connectivity index (χ0v) is 13.2. The standard InChI is InChI=1S/C14H23N3O2S/c1-9-6-12(4-5-15-9)16-14(18)8-20-7-13-10(2)17-19-11(13)3/h9,12,15H,4-8H2,1-3H3,(H,16,18). The van der Waals surface area contributed by atoms with E-state index in [9.17, 15) is 4.79 Å². The molecule has 112 valence electrons. The Hall–Kier alpha value is -1.01. The van der Waals surface area contributed by atoms with E-state index in [0.29, 0.717) is 17.8 Å². The first-order valence-electron chi connectivity index (χ1n) is 7.08. The fraction of sp³-hybridized carbons (Fsp3) is 0.714. The Labute approximate surface area is 124 Å². The summed E-state index contributed by atoms with van der Waals surface area (Å²) in [4.78, 5) is 11.9. The topological polar surface area (TPSA) is 67.2 Å². The Kier molecular flexibility index (Phi) is 5.48. The van der Waals surface area contributed by atoms with Crippen molar-refractivity contribution >= 4 is 17.7 Å².